The average Bonchev–Trinajstić information content (AvgIpc) is 2.43. The van der Waals surface area contributed by atoms with Crippen LogP contribution >= 0.6 is 0 Å². The minimum absolute atomic E-state index is 0.110. The normalized spacial score (nSPS) is 10.6. The summed E-state index contributed by atoms with van der Waals surface area (Å²) in [5.74, 6) is 5.51. The molecule has 4 N–H and O–H groups in total. The summed E-state index contributed by atoms with van der Waals surface area (Å²) in [7, 11) is 0. The van der Waals surface area contributed by atoms with Gasteiger partial charge in [-0.05, 0) is 24.6 Å². The molecule has 5 nitrogen and oxygen atoms in total. The predicted molar refractivity (Wildman–Crippen MR) is 48.0 cm³/mol. The molecule has 0 saturated heterocycles. The molecule has 0 amide bonds. The second kappa shape index (κ2) is 2.63. The molecule has 0 aliphatic rings. The van der Waals surface area contributed by atoms with Crippen molar-refractivity contribution in [3.8, 4) is 5.75 Å². The molecular formula is C8H9N3O2. The number of hydrogen-bond acceptors (Lipinski definition) is 5. The maximum atomic E-state index is 5.39. The molecule has 0 atom stereocenters. The van der Waals surface area contributed by atoms with Crippen LogP contribution in [0.3, 0.4) is 0 Å². The van der Waals surface area contributed by atoms with Crippen LogP contribution in [0.15, 0.2) is 16.5 Å². The summed E-state index contributed by atoms with van der Waals surface area (Å²) in [5.41, 5.74) is 7.51. The maximum Gasteiger partial charge on any atom is 0.293 e. The number of anilines is 1. The number of nitrogens with two attached hydrogens (primary N) is 2. The first-order chi connectivity index (χ1) is 6.20. The largest absolute Gasteiger partial charge is 0.420 e. The van der Waals surface area contributed by atoms with Gasteiger partial charge in [0, 0.05) is 0 Å². The molecule has 0 unspecified atom stereocenters. The summed E-state index contributed by atoms with van der Waals surface area (Å²) < 4.78 is 5.11. The molecule has 2 rings (SSSR count). The fourth-order valence-corrected chi connectivity index (χ4v) is 1.24. The Morgan fingerprint density at radius 3 is 2.92 bits per heavy atom. The van der Waals surface area contributed by atoms with Crippen molar-refractivity contribution in [3.63, 3.8) is 0 Å². The lowest BCUT2D eigenvalue weighted by Gasteiger charge is -1.99. The van der Waals surface area contributed by atoms with E-state index in [1.165, 1.54) is 0 Å². The number of nitrogen functional groups attached to an aromatic ring is 1. The molecule has 0 bridgehead atoms. The van der Waals surface area contributed by atoms with Gasteiger partial charge in [-0.1, -0.05) is 0 Å². The maximum absolute atomic E-state index is 5.39. The number of nitrogens with zero attached hydrogens (tertiary/aromatic N) is 1. The van der Waals surface area contributed by atoms with E-state index in [9.17, 15) is 0 Å². The van der Waals surface area contributed by atoms with Gasteiger partial charge < -0.3 is 15.0 Å². The van der Waals surface area contributed by atoms with Crippen molar-refractivity contribution in [2.75, 3.05) is 5.73 Å². The highest BCUT2D eigenvalue weighted by Gasteiger charge is 2.09. The second-order valence-corrected chi connectivity index (χ2v) is 2.78. The SMILES string of the molecule is Cc1cc(ON)c2oc(N)nc2c1. The van der Waals surface area contributed by atoms with Crippen molar-refractivity contribution in [2.24, 2.45) is 5.90 Å². The highest BCUT2D eigenvalue weighted by Crippen LogP contribution is 2.28. The van der Waals surface area contributed by atoms with Gasteiger partial charge in [-0.3, -0.25) is 0 Å². The molecule has 1 aromatic heterocycles. The molecule has 68 valence electrons. The second-order valence-electron chi connectivity index (χ2n) is 2.78. The quantitative estimate of drug-likeness (QED) is 0.637. The number of aryl methyl sites for hydroxylation is 1. The minimum Gasteiger partial charge on any atom is -0.420 e. The van der Waals surface area contributed by atoms with E-state index in [0.717, 1.165) is 5.56 Å². The van der Waals surface area contributed by atoms with Crippen molar-refractivity contribution in [3.05, 3.63) is 17.7 Å². The summed E-state index contributed by atoms with van der Waals surface area (Å²) >= 11 is 0. The molecule has 2 aromatic rings. The third kappa shape index (κ3) is 1.19. The molecule has 0 spiro atoms. The predicted octanol–water partition coefficient (Wildman–Crippen LogP) is 0.971. The van der Waals surface area contributed by atoms with Crippen LogP contribution < -0.4 is 16.5 Å². The monoisotopic (exact) mass is 179 g/mol. The highest BCUT2D eigenvalue weighted by atomic mass is 16.6. The molecule has 1 heterocycles. The van der Waals surface area contributed by atoms with E-state index < -0.39 is 0 Å². The Balaban J connectivity index is 2.80. The number of rotatable bonds is 1. The van der Waals surface area contributed by atoms with Crippen LogP contribution in [-0.4, -0.2) is 4.98 Å². The standard InChI is InChI=1S/C8H9N3O2/c1-4-2-5-7(6(3-4)13-10)12-8(9)11-5/h2-3H,10H2,1H3,(H2,9,11). The smallest absolute Gasteiger partial charge is 0.293 e. The van der Waals surface area contributed by atoms with Crippen LogP contribution in [0.2, 0.25) is 0 Å². The molecule has 1 aromatic carbocycles. The van der Waals surface area contributed by atoms with Gasteiger partial charge in [0.2, 0.25) is 5.58 Å². The number of hydrogen-bond donors (Lipinski definition) is 2. The average molecular weight is 179 g/mol. The summed E-state index contributed by atoms with van der Waals surface area (Å²) in [4.78, 5) is 8.59. The first-order valence-electron chi connectivity index (χ1n) is 3.74. The van der Waals surface area contributed by atoms with E-state index in [1.807, 2.05) is 13.0 Å². The zero-order valence-corrected chi connectivity index (χ0v) is 7.07. The lowest BCUT2D eigenvalue weighted by Crippen LogP contribution is -2.02. The Morgan fingerprint density at radius 1 is 1.46 bits per heavy atom. The van der Waals surface area contributed by atoms with Crippen LogP contribution in [0.5, 0.6) is 5.75 Å². The Morgan fingerprint density at radius 2 is 2.23 bits per heavy atom. The summed E-state index contributed by atoms with van der Waals surface area (Å²) in [6, 6.07) is 3.71. The molecular weight excluding hydrogens is 170 g/mol. The number of oxazole rings is 1. The number of aromatic nitrogens is 1. The molecule has 5 heteroatoms. The Kier molecular flexibility index (Phi) is 1.60. The number of fused-ring (bicyclic) bond motifs is 1. The number of benzene rings is 1. The van der Waals surface area contributed by atoms with Gasteiger partial charge in [-0.15, -0.1) is 0 Å². The summed E-state index contributed by atoms with van der Waals surface area (Å²) in [6.45, 7) is 1.91. The Hall–Kier alpha value is -1.75. The van der Waals surface area contributed by atoms with Gasteiger partial charge in [0.25, 0.3) is 6.01 Å². The fraction of sp³-hybridized carbons (Fsp3) is 0.125. The highest BCUT2D eigenvalue weighted by molar-refractivity contribution is 5.81. The van der Waals surface area contributed by atoms with Gasteiger partial charge in [0.05, 0.1) is 0 Å². The van der Waals surface area contributed by atoms with Gasteiger partial charge in [0.15, 0.2) is 5.75 Å². The Bertz CT molecular complexity index is 450. The topological polar surface area (TPSA) is 87.3 Å². The third-order valence-corrected chi connectivity index (χ3v) is 1.74. The van der Waals surface area contributed by atoms with Crippen molar-refractivity contribution in [2.45, 2.75) is 6.92 Å². The fourth-order valence-electron chi connectivity index (χ4n) is 1.24. The summed E-state index contributed by atoms with van der Waals surface area (Å²) in [6.07, 6.45) is 0. The molecule has 0 saturated carbocycles. The lowest BCUT2D eigenvalue weighted by atomic mass is 10.2. The van der Waals surface area contributed by atoms with Crippen molar-refractivity contribution >= 4 is 17.1 Å². The van der Waals surface area contributed by atoms with Crippen molar-refractivity contribution in [1.29, 1.82) is 0 Å². The molecule has 0 radical (unpaired) electrons. The van der Waals surface area contributed by atoms with Crippen LogP contribution in [0.25, 0.3) is 11.1 Å². The zero-order chi connectivity index (χ0) is 9.42. The Labute approximate surface area is 74.2 Å². The van der Waals surface area contributed by atoms with Crippen LogP contribution in [-0.2, 0) is 0 Å². The molecule has 13 heavy (non-hydrogen) atoms. The van der Waals surface area contributed by atoms with Crippen LogP contribution in [0.4, 0.5) is 6.01 Å². The third-order valence-electron chi connectivity index (χ3n) is 1.74. The summed E-state index contributed by atoms with van der Waals surface area (Å²) in [5, 5.41) is 0. The minimum atomic E-state index is 0.110. The van der Waals surface area contributed by atoms with Crippen molar-refractivity contribution < 1.29 is 9.25 Å². The lowest BCUT2D eigenvalue weighted by molar-refractivity contribution is 0.333. The molecule has 0 fully saturated rings. The molecule has 0 aliphatic heterocycles. The van der Waals surface area contributed by atoms with E-state index in [0.29, 0.717) is 16.8 Å². The van der Waals surface area contributed by atoms with Gasteiger partial charge in [-0.25, -0.2) is 0 Å². The van der Waals surface area contributed by atoms with E-state index in [1.54, 1.807) is 6.07 Å². The van der Waals surface area contributed by atoms with E-state index in [4.69, 9.17) is 16.0 Å². The van der Waals surface area contributed by atoms with Crippen molar-refractivity contribution in [1.82, 2.24) is 4.98 Å². The van der Waals surface area contributed by atoms with Crippen LogP contribution in [0, 0.1) is 6.92 Å². The first-order valence-corrected chi connectivity index (χ1v) is 3.74. The zero-order valence-electron chi connectivity index (χ0n) is 7.07. The van der Waals surface area contributed by atoms with E-state index in [2.05, 4.69) is 9.82 Å². The van der Waals surface area contributed by atoms with E-state index >= 15 is 0 Å². The van der Waals surface area contributed by atoms with Gasteiger partial charge >= 0.3 is 0 Å². The molecule has 0 aliphatic carbocycles. The van der Waals surface area contributed by atoms with Gasteiger partial charge in [-0.2, -0.15) is 10.9 Å². The van der Waals surface area contributed by atoms with Crippen LogP contribution in [0.1, 0.15) is 5.56 Å². The van der Waals surface area contributed by atoms with E-state index in [-0.39, 0.29) is 6.01 Å². The first kappa shape index (κ1) is 7.88. The van der Waals surface area contributed by atoms with Gasteiger partial charge in [0.1, 0.15) is 5.52 Å².